The number of hydrogen-bond donors (Lipinski definition) is 2. The van der Waals surface area contributed by atoms with E-state index in [1.54, 1.807) is 0 Å². The standard InChI is InChI=1S/C27H28N2O5/c30-25(29-16-9-10-24(29)22(12-16)26(31)32)21-11-15(21)13-28-27(33)34-14-23-19-7-3-1-5-17(19)18-6-2-4-8-20(18)23/h1-8,15-16,21-24H,9-14H2,(H,28,33)(H,31,32)/t15-,16+,21-,22-,24-/m0/s1. The molecule has 34 heavy (non-hydrogen) atoms. The molecule has 0 spiro atoms. The first kappa shape index (κ1) is 21.2. The Morgan fingerprint density at radius 2 is 1.62 bits per heavy atom. The second kappa shape index (κ2) is 8.15. The van der Waals surface area contributed by atoms with Gasteiger partial charge in [-0.1, -0.05) is 48.5 Å². The molecule has 2 N–H and O–H groups in total. The summed E-state index contributed by atoms with van der Waals surface area (Å²) >= 11 is 0. The van der Waals surface area contributed by atoms with Crippen LogP contribution in [0.3, 0.4) is 0 Å². The van der Waals surface area contributed by atoms with Gasteiger partial charge < -0.3 is 20.1 Å². The normalized spacial score (nSPS) is 28.4. The number of carboxylic acid groups (broad SMARTS) is 1. The van der Waals surface area contributed by atoms with Crippen LogP contribution in [0.1, 0.15) is 42.7 Å². The van der Waals surface area contributed by atoms with Gasteiger partial charge in [0, 0.05) is 30.5 Å². The van der Waals surface area contributed by atoms with Gasteiger partial charge >= 0.3 is 12.1 Å². The van der Waals surface area contributed by atoms with Crippen LogP contribution in [0.2, 0.25) is 0 Å². The van der Waals surface area contributed by atoms with Gasteiger partial charge in [0.05, 0.1) is 5.92 Å². The molecule has 176 valence electrons. The molecule has 2 saturated heterocycles. The van der Waals surface area contributed by atoms with Gasteiger partial charge in [0.25, 0.3) is 0 Å². The van der Waals surface area contributed by atoms with E-state index in [4.69, 9.17) is 4.74 Å². The first-order valence-electron chi connectivity index (χ1n) is 12.2. The van der Waals surface area contributed by atoms with Crippen LogP contribution in [0.4, 0.5) is 4.79 Å². The molecule has 0 radical (unpaired) electrons. The lowest BCUT2D eigenvalue weighted by molar-refractivity contribution is -0.143. The highest BCUT2D eigenvalue weighted by molar-refractivity contribution is 5.85. The number of ether oxygens (including phenoxy) is 1. The maximum Gasteiger partial charge on any atom is 0.407 e. The minimum Gasteiger partial charge on any atom is -0.481 e. The summed E-state index contributed by atoms with van der Waals surface area (Å²) in [6.45, 7) is 0.666. The Balaban J connectivity index is 1.01. The number of carbonyl (C=O) groups is 3. The molecule has 0 aromatic heterocycles. The van der Waals surface area contributed by atoms with E-state index in [9.17, 15) is 19.5 Å². The van der Waals surface area contributed by atoms with E-state index in [2.05, 4.69) is 29.6 Å². The summed E-state index contributed by atoms with van der Waals surface area (Å²) in [4.78, 5) is 38.8. The van der Waals surface area contributed by atoms with Gasteiger partial charge in [0.15, 0.2) is 0 Å². The number of aliphatic carboxylic acids is 1. The van der Waals surface area contributed by atoms with E-state index in [1.807, 2.05) is 29.2 Å². The number of fused-ring (bicyclic) bond motifs is 5. The summed E-state index contributed by atoms with van der Waals surface area (Å²) < 4.78 is 5.59. The molecule has 7 heteroatoms. The van der Waals surface area contributed by atoms with E-state index >= 15 is 0 Å². The lowest BCUT2D eigenvalue weighted by Gasteiger charge is -2.23. The number of nitrogens with one attached hydrogen (secondary N) is 1. The third-order valence-corrected chi connectivity index (χ3v) is 8.20. The number of rotatable bonds is 6. The van der Waals surface area contributed by atoms with Crippen LogP contribution in [-0.2, 0) is 14.3 Å². The third-order valence-electron chi connectivity index (χ3n) is 8.20. The highest BCUT2D eigenvalue weighted by Gasteiger charge is 2.55. The van der Waals surface area contributed by atoms with Crippen LogP contribution < -0.4 is 5.32 Å². The quantitative estimate of drug-likeness (QED) is 0.686. The van der Waals surface area contributed by atoms with Crippen molar-refractivity contribution in [1.82, 2.24) is 10.2 Å². The maximum absolute atomic E-state index is 13.0. The Morgan fingerprint density at radius 1 is 0.941 bits per heavy atom. The van der Waals surface area contributed by atoms with Crippen molar-refractivity contribution in [3.8, 4) is 11.1 Å². The molecule has 7 nitrogen and oxygen atoms in total. The van der Waals surface area contributed by atoms with Gasteiger partial charge in [-0.15, -0.1) is 0 Å². The summed E-state index contributed by atoms with van der Waals surface area (Å²) in [5.74, 6) is -1.18. The predicted octanol–water partition coefficient (Wildman–Crippen LogP) is 3.63. The summed E-state index contributed by atoms with van der Waals surface area (Å²) in [7, 11) is 0. The summed E-state index contributed by atoms with van der Waals surface area (Å²) in [6, 6.07) is 16.3. The summed E-state index contributed by atoms with van der Waals surface area (Å²) in [6.07, 6.45) is 2.52. The predicted molar refractivity (Wildman–Crippen MR) is 124 cm³/mol. The van der Waals surface area contributed by atoms with Crippen molar-refractivity contribution in [3.05, 3.63) is 59.7 Å². The van der Waals surface area contributed by atoms with E-state index < -0.39 is 18.0 Å². The van der Waals surface area contributed by atoms with Crippen LogP contribution >= 0.6 is 0 Å². The van der Waals surface area contributed by atoms with Gasteiger partial charge in [-0.2, -0.15) is 0 Å². The molecule has 2 aliphatic heterocycles. The fraction of sp³-hybridized carbons (Fsp3) is 0.444. The molecule has 6 rings (SSSR count). The molecule has 2 aromatic rings. The molecule has 3 fully saturated rings. The average Bonchev–Trinajstić information content (AvgIpc) is 3.23. The Morgan fingerprint density at radius 3 is 2.26 bits per heavy atom. The lowest BCUT2D eigenvalue weighted by atomic mass is 9.89. The van der Waals surface area contributed by atoms with Gasteiger partial charge in [-0.25, -0.2) is 4.79 Å². The molecule has 2 bridgehead atoms. The van der Waals surface area contributed by atoms with Crippen LogP contribution in [0.15, 0.2) is 48.5 Å². The Bertz CT molecular complexity index is 1120. The van der Waals surface area contributed by atoms with Crippen molar-refractivity contribution in [3.63, 3.8) is 0 Å². The molecule has 1 saturated carbocycles. The van der Waals surface area contributed by atoms with Crippen molar-refractivity contribution < 1.29 is 24.2 Å². The molecular formula is C27H28N2O5. The minimum absolute atomic E-state index is 0.0150. The Kier molecular flexibility index (Phi) is 5.08. The first-order chi connectivity index (χ1) is 16.5. The zero-order valence-electron chi connectivity index (χ0n) is 18.9. The molecule has 4 aliphatic rings. The van der Waals surface area contributed by atoms with E-state index in [0.29, 0.717) is 13.0 Å². The van der Waals surface area contributed by atoms with Crippen molar-refractivity contribution in [2.75, 3.05) is 13.2 Å². The molecular weight excluding hydrogens is 432 g/mol. The van der Waals surface area contributed by atoms with Crippen LogP contribution in [0.25, 0.3) is 11.1 Å². The van der Waals surface area contributed by atoms with Gasteiger partial charge in [-0.05, 0) is 53.9 Å². The fourth-order valence-corrected chi connectivity index (χ4v) is 6.43. The molecule has 0 unspecified atom stereocenters. The van der Waals surface area contributed by atoms with Gasteiger partial charge in [-0.3, -0.25) is 9.59 Å². The molecule has 2 amide bonds. The van der Waals surface area contributed by atoms with E-state index in [0.717, 1.165) is 19.3 Å². The zero-order chi connectivity index (χ0) is 23.4. The van der Waals surface area contributed by atoms with Gasteiger partial charge in [0.2, 0.25) is 5.91 Å². The number of benzene rings is 2. The summed E-state index contributed by atoms with van der Waals surface area (Å²) in [5, 5.41) is 12.3. The maximum atomic E-state index is 13.0. The van der Waals surface area contributed by atoms with Crippen LogP contribution in [-0.4, -0.2) is 53.2 Å². The number of carbonyl (C=O) groups excluding carboxylic acids is 2. The number of nitrogens with zero attached hydrogens (tertiary/aromatic N) is 1. The highest BCUT2D eigenvalue weighted by Crippen LogP contribution is 2.48. The number of alkyl carbamates (subject to hydrolysis) is 1. The first-order valence-corrected chi connectivity index (χ1v) is 12.2. The van der Waals surface area contributed by atoms with Crippen LogP contribution in [0.5, 0.6) is 0 Å². The number of carboxylic acids is 1. The van der Waals surface area contributed by atoms with Crippen molar-refractivity contribution >= 4 is 18.0 Å². The zero-order valence-corrected chi connectivity index (χ0v) is 18.9. The van der Waals surface area contributed by atoms with E-state index in [1.165, 1.54) is 22.3 Å². The van der Waals surface area contributed by atoms with E-state index in [-0.39, 0.29) is 42.4 Å². The van der Waals surface area contributed by atoms with Crippen molar-refractivity contribution in [1.29, 1.82) is 0 Å². The Labute approximate surface area is 198 Å². The average molecular weight is 461 g/mol. The second-order valence-electron chi connectivity index (χ2n) is 10.0. The monoisotopic (exact) mass is 460 g/mol. The van der Waals surface area contributed by atoms with Crippen LogP contribution in [0, 0.1) is 17.8 Å². The fourth-order valence-electron chi connectivity index (χ4n) is 6.43. The molecule has 5 atom stereocenters. The third kappa shape index (κ3) is 3.45. The Hall–Kier alpha value is -3.35. The topological polar surface area (TPSA) is 95.9 Å². The van der Waals surface area contributed by atoms with Gasteiger partial charge in [0.1, 0.15) is 6.61 Å². The number of hydrogen-bond acceptors (Lipinski definition) is 4. The summed E-state index contributed by atoms with van der Waals surface area (Å²) in [5.41, 5.74) is 4.72. The minimum atomic E-state index is -0.797. The largest absolute Gasteiger partial charge is 0.481 e. The second-order valence-corrected chi connectivity index (χ2v) is 10.0. The molecule has 2 heterocycles. The molecule has 2 aromatic carbocycles. The highest BCUT2D eigenvalue weighted by atomic mass is 16.5. The smallest absolute Gasteiger partial charge is 0.407 e. The lowest BCUT2D eigenvalue weighted by Crippen LogP contribution is -2.39. The molecule has 2 aliphatic carbocycles. The van der Waals surface area contributed by atoms with Crippen molar-refractivity contribution in [2.24, 2.45) is 17.8 Å². The number of amides is 2. The van der Waals surface area contributed by atoms with Crippen molar-refractivity contribution in [2.45, 2.75) is 43.7 Å². The SMILES string of the molecule is O=C(NC[C@@H]1C[C@@H]1C(=O)N1[C@@H]2CC[C@H]1[C@@H](C(=O)O)C2)OCC1c2ccccc2-c2ccccc21.